The molecule has 132 valence electrons. The summed E-state index contributed by atoms with van der Waals surface area (Å²) in [6.45, 7) is 0. The minimum absolute atomic E-state index is 0.776. The number of hydrogen-bond donors (Lipinski definition) is 1. The van der Waals surface area contributed by atoms with Crippen molar-refractivity contribution < 1.29 is 0 Å². The molecule has 0 unspecified atom stereocenters. The van der Waals surface area contributed by atoms with E-state index in [0.717, 1.165) is 22.0 Å². The Labute approximate surface area is 166 Å². The summed E-state index contributed by atoms with van der Waals surface area (Å²) in [5.41, 5.74) is 6.17. The highest BCUT2D eigenvalue weighted by molar-refractivity contribution is 7.99. The van der Waals surface area contributed by atoms with E-state index < -0.39 is 0 Å². The Kier molecular flexibility index (Phi) is 5.62. The maximum atomic E-state index is 4.59. The number of rotatable bonds is 6. The second-order valence-corrected chi connectivity index (χ2v) is 7.70. The van der Waals surface area contributed by atoms with Gasteiger partial charge in [-0.3, -0.25) is 5.43 Å². The first kappa shape index (κ1) is 17.5. The highest BCUT2D eigenvalue weighted by Crippen LogP contribution is 2.29. The summed E-state index contributed by atoms with van der Waals surface area (Å²) in [5, 5.41) is 7.19. The number of hydrazone groups is 1. The Morgan fingerprint density at radius 3 is 2.37 bits per heavy atom. The van der Waals surface area contributed by atoms with Crippen molar-refractivity contribution in [3.8, 4) is 11.3 Å². The Hall–Kier alpha value is -2.89. The molecule has 5 heteroatoms. The molecule has 27 heavy (non-hydrogen) atoms. The van der Waals surface area contributed by atoms with Gasteiger partial charge in [-0.25, -0.2) is 4.98 Å². The second kappa shape index (κ2) is 8.66. The van der Waals surface area contributed by atoms with Crippen LogP contribution in [0.1, 0.15) is 5.56 Å². The molecule has 0 atom stereocenters. The zero-order valence-electron chi connectivity index (χ0n) is 14.4. The SMILES string of the molecule is C(=NNc1nc(-c2ccccc2)cs1)c1ccccc1Sc1ccccc1. The number of nitrogens with one attached hydrogen (secondary N) is 1. The second-order valence-electron chi connectivity index (χ2n) is 5.73. The first-order valence-corrected chi connectivity index (χ1v) is 10.2. The maximum absolute atomic E-state index is 4.59. The van der Waals surface area contributed by atoms with E-state index in [1.807, 2.05) is 60.1 Å². The third-order valence-corrected chi connectivity index (χ3v) is 5.67. The van der Waals surface area contributed by atoms with Gasteiger partial charge in [0, 0.05) is 26.3 Å². The average Bonchev–Trinajstić information content (AvgIpc) is 3.20. The van der Waals surface area contributed by atoms with Crippen molar-refractivity contribution in [3.05, 3.63) is 95.9 Å². The van der Waals surface area contributed by atoms with Gasteiger partial charge in [0.15, 0.2) is 0 Å². The summed E-state index contributed by atoms with van der Waals surface area (Å²) in [4.78, 5) is 6.96. The van der Waals surface area contributed by atoms with E-state index in [9.17, 15) is 0 Å². The van der Waals surface area contributed by atoms with Crippen LogP contribution in [0.5, 0.6) is 0 Å². The Balaban J connectivity index is 1.46. The normalized spacial score (nSPS) is 11.0. The summed E-state index contributed by atoms with van der Waals surface area (Å²) in [7, 11) is 0. The van der Waals surface area contributed by atoms with Crippen LogP contribution in [0.4, 0.5) is 5.13 Å². The molecule has 0 amide bonds. The Morgan fingerprint density at radius 2 is 1.56 bits per heavy atom. The Bertz CT molecular complexity index is 1030. The van der Waals surface area contributed by atoms with Gasteiger partial charge >= 0.3 is 0 Å². The average molecular weight is 388 g/mol. The number of anilines is 1. The van der Waals surface area contributed by atoms with Crippen molar-refractivity contribution in [2.45, 2.75) is 9.79 Å². The molecule has 0 fully saturated rings. The van der Waals surface area contributed by atoms with Crippen molar-refractivity contribution in [2.75, 3.05) is 5.43 Å². The molecule has 3 aromatic carbocycles. The topological polar surface area (TPSA) is 37.3 Å². The number of benzene rings is 3. The molecule has 0 aliphatic carbocycles. The molecule has 1 heterocycles. The van der Waals surface area contributed by atoms with Crippen LogP contribution in [0.3, 0.4) is 0 Å². The van der Waals surface area contributed by atoms with E-state index in [0.29, 0.717) is 0 Å². The summed E-state index contributed by atoms with van der Waals surface area (Å²) in [5.74, 6) is 0. The lowest BCUT2D eigenvalue weighted by Gasteiger charge is -2.05. The maximum Gasteiger partial charge on any atom is 0.203 e. The molecule has 4 rings (SSSR count). The molecular weight excluding hydrogens is 370 g/mol. The molecule has 1 aromatic heterocycles. The highest BCUT2D eigenvalue weighted by atomic mass is 32.2. The quantitative estimate of drug-likeness (QED) is 0.307. The smallest absolute Gasteiger partial charge is 0.203 e. The van der Waals surface area contributed by atoms with Crippen molar-refractivity contribution in [1.29, 1.82) is 0 Å². The number of thiazole rings is 1. The monoisotopic (exact) mass is 387 g/mol. The van der Waals surface area contributed by atoms with Crippen LogP contribution in [0.25, 0.3) is 11.3 Å². The zero-order valence-corrected chi connectivity index (χ0v) is 16.1. The lowest BCUT2D eigenvalue weighted by molar-refractivity contribution is 1.28. The first-order chi connectivity index (χ1) is 13.4. The van der Waals surface area contributed by atoms with Crippen LogP contribution in [0, 0.1) is 0 Å². The molecule has 3 nitrogen and oxygen atoms in total. The first-order valence-electron chi connectivity index (χ1n) is 8.50. The van der Waals surface area contributed by atoms with E-state index in [1.54, 1.807) is 23.1 Å². The number of aromatic nitrogens is 1. The number of nitrogens with zero attached hydrogens (tertiary/aromatic N) is 2. The van der Waals surface area contributed by atoms with Crippen LogP contribution in [-0.4, -0.2) is 11.2 Å². The standard InChI is InChI=1S/C22H17N3S2/c1-3-9-17(10-4-1)20-16-26-22(24-20)25-23-15-18-11-7-8-14-21(18)27-19-12-5-2-6-13-19/h1-16H,(H,24,25). The molecule has 0 bridgehead atoms. The lowest BCUT2D eigenvalue weighted by atomic mass is 10.2. The predicted octanol–water partition coefficient (Wildman–Crippen LogP) is 6.41. The van der Waals surface area contributed by atoms with Crippen LogP contribution in [0.15, 0.2) is 105 Å². The zero-order chi connectivity index (χ0) is 18.3. The van der Waals surface area contributed by atoms with Gasteiger partial charge in [0.25, 0.3) is 0 Å². The third kappa shape index (κ3) is 4.64. The predicted molar refractivity (Wildman–Crippen MR) is 116 cm³/mol. The van der Waals surface area contributed by atoms with Crippen LogP contribution in [-0.2, 0) is 0 Å². The largest absolute Gasteiger partial charge is 0.253 e. The Morgan fingerprint density at radius 1 is 0.852 bits per heavy atom. The van der Waals surface area contributed by atoms with Gasteiger partial charge in [0.1, 0.15) is 0 Å². The molecule has 0 spiro atoms. The molecule has 4 aromatic rings. The van der Waals surface area contributed by atoms with Gasteiger partial charge in [-0.05, 0) is 18.2 Å². The summed E-state index contributed by atoms with van der Waals surface area (Å²) in [6.07, 6.45) is 1.84. The van der Waals surface area contributed by atoms with Crippen molar-refractivity contribution in [2.24, 2.45) is 5.10 Å². The minimum atomic E-state index is 0.776. The molecule has 0 saturated heterocycles. The molecule has 0 aliphatic rings. The van der Waals surface area contributed by atoms with E-state index in [4.69, 9.17) is 0 Å². The van der Waals surface area contributed by atoms with Crippen molar-refractivity contribution in [1.82, 2.24) is 4.98 Å². The highest BCUT2D eigenvalue weighted by Gasteiger charge is 2.04. The fourth-order valence-electron chi connectivity index (χ4n) is 2.52. The van der Waals surface area contributed by atoms with Gasteiger partial charge in [-0.15, -0.1) is 11.3 Å². The van der Waals surface area contributed by atoms with E-state index in [2.05, 4.69) is 51.9 Å². The van der Waals surface area contributed by atoms with Crippen LogP contribution in [0.2, 0.25) is 0 Å². The van der Waals surface area contributed by atoms with Gasteiger partial charge in [-0.1, -0.05) is 78.5 Å². The van der Waals surface area contributed by atoms with Gasteiger partial charge in [0.2, 0.25) is 5.13 Å². The molecule has 0 radical (unpaired) electrons. The van der Waals surface area contributed by atoms with E-state index in [1.165, 1.54) is 9.79 Å². The molecule has 0 aliphatic heterocycles. The molecular formula is C22H17N3S2. The van der Waals surface area contributed by atoms with Gasteiger partial charge in [0.05, 0.1) is 11.9 Å². The summed E-state index contributed by atoms with van der Waals surface area (Å²) in [6, 6.07) is 28.7. The molecule has 1 N–H and O–H groups in total. The van der Waals surface area contributed by atoms with Crippen LogP contribution < -0.4 is 5.43 Å². The van der Waals surface area contributed by atoms with E-state index in [-0.39, 0.29) is 0 Å². The fourth-order valence-corrected chi connectivity index (χ4v) is 4.12. The fraction of sp³-hybridized carbons (Fsp3) is 0. The molecule has 0 saturated carbocycles. The van der Waals surface area contributed by atoms with Gasteiger partial charge in [-0.2, -0.15) is 5.10 Å². The third-order valence-electron chi connectivity index (χ3n) is 3.83. The van der Waals surface area contributed by atoms with E-state index >= 15 is 0 Å². The number of hydrogen-bond acceptors (Lipinski definition) is 5. The minimum Gasteiger partial charge on any atom is -0.253 e. The van der Waals surface area contributed by atoms with Crippen molar-refractivity contribution in [3.63, 3.8) is 0 Å². The summed E-state index contributed by atoms with van der Waals surface area (Å²) >= 11 is 3.27. The van der Waals surface area contributed by atoms with Gasteiger partial charge < -0.3 is 0 Å². The van der Waals surface area contributed by atoms with Crippen molar-refractivity contribution >= 4 is 34.4 Å². The van der Waals surface area contributed by atoms with Crippen LogP contribution >= 0.6 is 23.1 Å². The lowest BCUT2D eigenvalue weighted by Crippen LogP contribution is -1.92. The summed E-state index contributed by atoms with van der Waals surface area (Å²) < 4.78 is 0.